The topological polar surface area (TPSA) is 101 Å². The Labute approximate surface area is 211 Å². The Hall–Kier alpha value is -3.69. The van der Waals surface area contributed by atoms with Gasteiger partial charge in [-0.15, -0.1) is 0 Å². The zero-order chi connectivity index (χ0) is 25.3. The van der Waals surface area contributed by atoms with Gasteiger partial charge in [-0.1, -0.05) is 6.08 Å². The summed E-state index contributed by atoms with van der Waals surface area (Å²) in [6.07, 6.45) is 14.0. The van der Waals surface area contributed by atoms with Crippen LogP contribution in [0.15, 0.2) is 37.1 Å². The summed E-state index contributed by atoms with van der Waals surface area (Å²) < 4.78 is 7.64. The highest BCUT2D eigenvalue weighted by Gasteiger charge is 2.27. The molecule has 2 aliphatic rings. The molecule has 10 nitrogen and oxygen atoms in total. The number of amides is 1. The van der Waals surface area contributed by atoms with E-state index in [0.29, 0.717) is 19.0 Å². The Morgan fingerprint density at radius 3 is 2.64 bits per heavy atom. The Balaban J connectivity index is 1.31. The zero-order valence-electron chi connectivity index (χ0n) is 21.4. The highest BCUT2D eigenvalue weighted by molar-refractivity contribution is 5.78. The lowest BCUT2D eigenvalue weighted by Crippen LogP contribution is -2.43. The van der Waals surface area contributed by atoms with Crippen LogP contribution in [-0.4, -0.2) is 73.2 Å². The lowest BCUT2D eigenvalue weighted by Gasteiger charge is -2.33. The van der Waals surface area contributed by atoms with Crippen LogP contribution in [0.2, 0.25) is 0 Å². The van der Waals surface area contributed by atoms with E-state index in [4.69, 9.17) is 9.72 Å². The number of rotatable bonds is 4. The molecule has 0 bridgehead atoms. The maximum atomic E-state index is 12.4. The number of hydrogen-bond acceptors (Lipinski definition) is 8. The summed E-state index contributed by atoms with van der Waals surface area (Å²) in [4.78, 5) is 34.7. The van der Waals surface area contributed by atoms with E-state index in [1.807, 2.05) is 58.7 Å². The largest absolute Gasteiger partial charge is 0.444 e. The minimum atomic E-state index is -0.502. The van der Waals surface area contributed by atoms with Crippen molar-refractivity contribution in [1.29, 1.82) is 0 Å². The van der Waals surface area contributed by atoms with Gasteiger partial charge in [0, 0.05) is 57.0 Å². The highest BCUT2D eigenvalue weighted by atomic mass is 16.6. The molecule has 0 radical (unpaired) electrons. The molecule has 3 aromatic heterocycles. The fraction of sp³-hybridized carbons (Fsp3) is 0.500. The van der Waals surface area contributed by atoms with E-state index in [1.54, 1.807) is 4.90 Å². The molecular formula is C26H34N8O2. The van der Waals surface area contributed by atoms with E-state index >= 15 is 0 Å². The number of anilines is 2. The molecule has 1 saturated heterocycles. The Morgan fingerprint density at radius 2 is 1.92 bits per heavy atom. The summed E-state index contributed by atoms with van der Waals surface area (Å²) in [5.41, 5.74) is 3.56. The Morgan fingerprint density at radius 1 is 1.11 bits per heavy atom. The maximum Gasteiger partial charge on any atom is 0.410 e. The second kappa shape index (κ2) is 9.75. The molecule has 0 unspecified atom stereocenters. The molecule has 0 saturated carbocycles. The number of aromatic nitrogens is 5. The molecule has 5 rings (SSSR count). The van der Waals surface area contributed by atoms with Crippen LogP contribution in [0.25, 0.3) is 11.1 Å². The lowest BCUT2D eigenvalue weighted by atomic mass is 10.0. The predicted octanol–water partition coefficient (Wildman–Crippen LogP) is 3.93. The van der Waals surface area contributed by atoms with Gasteiger partial charge in [0.15, 0.2) is 0 Å². The first-order valence-electron chi connectivity index (χ1n) is 12.6. The van der Waals surface area contributed by atoms with Gasteiger partial charge in [-0.3, -0.25) is 9.38 Å². The van der Waals surface area contributed by atoms with Crippen molar-refractivity contribution in [2.75, 3.05) is 36.4 Å². The van der Waals surface area contributed by atoms with Crippen LogP contribution in [0.1, 0.15) is 51.3 Å². The molecule has 0 aliphatic carbocycles. The van der Waals surface area contributed by atoms with Crippen molar-refractivity contribution in [2.24, 2.45) is 0 Å². The van der Waals surface area contributed by atoms with Crippen molar-refractivity contribution >= 4 is 29.1 Å². The van der Waals surface area contributed by atoms with E-state index in [9.17, 15) is 4.79 Å². The monoisotopic (exact) mass is 490 g/mol. The number of nitrogens with zero attached hydrogens (tertiary/aromatic N) is 7. The quantitative estimate of drug-likeness (QED) is 0.587. The minimum Gasteiger partial charge on any atom is -0.444 e. The number of piperidine rings is 1. The standard InChI is InChI=1S/C26H34N8O2/c1-18-14-28-23(29-15-18)31-20-6-5-10-33(17-20)24-30-16-21-22(27-9-13-34(21)24)19-7-11-32(12-8-19)25(35)36-26(2,3)4/h7,9,13-16,20H,5-6,8,10-12,17H2,1-4H3,(H,28,29,31)/t20-/m1/s1. The van der Waals surface area contributed by atoms with Crippen molar-refractivity contribution in [3.8, 4) is 0 Å². The zero-order valence-corrected chi connectivity index (χ0v) is 21.4. The lowest BCUT2D eigenvalue weighted by molar-refractivity contribution is 0.0270. The van der Waals surface area contributed by atoms with Gasteiger partial charge in [0.25, 0.3) is 0 Å². The van der Waals surface area contributed by atoms with Crippen molar-refractivity contribution in [3.05, 3.63) is 48.3 Å². The van der Waals surface area contributed by atoms with Gasteiger partial charge >= 0.3 is 6.09 Å². The predicted molar refractivity (Wildman–Crippen MR) is 139 cm³/mol. The van der Waals surface area contributed by atoms with Crippen LogP contribution in [0.3, 0.4) is 0 Å². The average Bonchev–Trinajstić information content (AvgIpc) is 3.29. The molecule has 10 heteroatoms. The van der Waals surface area contributed by atoms with E-state index in [1.165, 1.54) is 0 Å². The smallest absolute Gasteiger partial charge is 0.410 e. The number of hydrogen-bond donors (Lipinski definition) is 1. The van der Waals surface area contributed by atoms with E-state index in [-0.39, 0.29) is 12.1 Å². The maximum absolute atomic E-state index is 12.4. The number of ether oxygens (including phenoxy) is 1. The first-order valence-corrected chi connectivity index (χ1v) is 12.6. The molecule has 36 heavy (non-hydrogen) atoms. The second-order valence-electron chi connectivity index (χ2n) is 10.5. The van der Waals surface area contributed by atoms with Gasteiger partial charge in [0.2, 0.25) is 11.9 Å². The van der Waals surface area contributed by atoms with Gasteiger partial charge in [-0.05, 0) is 58.1 Å². The third kappa shape index (κ3) is 5.27. The molecule has 5 heterocycles. The summed E-state index contributed by atoms with van der Waals surface area (Å²) in [7, 11) is 0. The molecule has 0 aromatic carbocycles. The fourth-order valence-electron chi connectivity index (χ4n) is 4.70. The highest BCUT2D eigenvalue weighted by Crippen LogP contribution is 2.28. The van der Waals surface area contributed by atoms with Crippen molar-refractivity contribution in [1.82, 2.24) is 29.2 Å². The molecule has 3 aromatic rings. The van der Waals surface area contributed by atoms with Gasteiger partial charge < -0.3 is 19.9 Å². The first kappa shape index (κ1) is 24.0. The third-order valence-corrected chi connectivity index (χ3v) is 6.42. The molecule has 1 atom stereocenters. The first-order chi connectivity index (χ1) is 17.3. The number of imidazole rings is 1. The number of nitrogens with one attached hydrogen (secondary N) is 1. The van der Waals surface area contributed by atoms with Crippen molar-refractivity contribution < 1.29 is 9.53 Å². The number of fused-ring (bicyclic) bond motifs is 1. The summed E-state index contributed by atoms with van der Waals surface area (Å²) in [6, 6.07) is 0.245. The van der Waals surface area contributed by atoms with Crippen LogP contribution >= 0.6 is 0 Å². The normalized spacial score (nSPS) is 18.8. The summed E-state index contributed by atoms with van der Waals surface area (Å²) >= 11 is 0. The number of carbonyl (C=O) groups is 1. The summed E-state index contributed by atoms with van der Waals surface area (Å²) in [5, 5.41) is 3.47. The molecule has 2 aliphatic heterocycles. The van der Waals surface area contributed by atoms with Gasteiger partial charge in [0.05, 0.1) is 17.4 Å². The third-order valence-electron chi connectivity index (χ3n) is 6.42. The second-order valence-corrected chi connectivity index (χ2v) is 10.5. The molecule has 0 spiro atoms. The average molecular weight is 491 g/mol. The van der Waals surface area contributed by atoms with E-state index in [0.717, 1.165) is 60.6 Å². The summed E-state index contributed by atoms with van der Waals surface area (Å²) in [5.74, 6) is 1.58. The van der Waals surface area contributed by atoms with Gasteiger partial charge in [0.1, 0.15) is 5.60 Å². The van der Waals surface area contributed by atoms with Crippen LogP contribution in [0.4, 0.5) is 16.7 Å². The molecular weight excluding hydrogens is 456 g/mol. The Kier molecular flexibility index (Phi) is 6.51. The minimum absolute atomic E-state index is 0.245. The SMILES string of the molecule is Cc1cnc(N[C@@H]2CCCN(c3ncc4c(C5=CCN(C(=O)OC(C)(C)C)CC5)nccn34)C2)nc1. The molecule has 190 valence electrons. The molecule has 1 N–H and O–H groups in total. The van der Waals surface area contributed by atoms with Gasteiger partial charge in [-0.25, -0.2) is 19.7 Å². The van der Waals surface area contributed by atoms with Crippen LogP contribution in [-0.2, 0) is 4.74 Å². The van der Waals surface area contributed by atoms with E-state index in [2.05, 4.69) is 35.6 Å². The van der Waals surface area contributed by atoms with Crippen molar-refractivity contribution in [3.63, 3.8) is 0 Å². The van der Waals surface area contributed by atoms with Crippen molar-refractivity contribution in [2.45, 2.75) is 58.6 Å². The number of carbonyl (C=O) groups excluding carboxylic acids is 1. The number of aryl methyl sites for hydroxylation is 1. The van der Waals surface area contributed by atoms with Crippen LogP contribution in [0, 0.1) is 6.92 Å². The molecule has 1 amide bonds. The summed E-state index contributed by atoms with van der Waals surface area (Å²) in [6.45, 7) is 10.5. The fourth-order valence-corrected chi connectivity index (χ4v) is 4.70. The van der Waals surface area contributed by atoms with Crippen LogP contribution in [0.5, 0.6) is 0 Å². The van der Waals surface area contributed by atoms with E-state index < -0.39 is 5.60 Å². The van der Waals surface area contributed by atoms with Gasteiger partial charge in [-0.2, -0.15) is 0 Å². The molecule has 1 fully saturated rings. The Bertz CT molecular complexity index is 1260. The van der Waals surface area contributed by atoms with Crippen LogP contribution < -0.4 is 10.2 Å².